The minimum atomic E-state index is -0.801. The van der Waals surface area contributed by atoms with Crippen LogP contribution in [0.1, 0.15) is 58.3 Å². The van der Waals surface area contributed by atoms with Crippen molar-refractivity contribution in [3.8, 4) is 0 Å². The van der Waals surface area contributed by atoms with Crippen molar-refractivity contribution in [2.24, 2.45) is 11.8 Å². The highest BCUT2D eigenvalue weighted by molar-refractivity contribution is 5.91. The molecule has 3 rings (SSSR count). The fourth-order valence-corrected chi connectivity index (χ4v) is 5.29. The van der Waals surface area contributed by atoms with Crippen molar-refractivity contribution in [2.75, 3.05) is 39.8 Å². The van der Waals surface area contributed by atoms with Crippen molar-refractivity contribution < 1.29 is 23.9 Å². The van der Waals surface area contributed by atoms with Crippen LogP contribution in [0.15, 0.2) is 0 Å². The molecule has 2 saturated heterocycles. The molecule has 2 atom stereocenters. The number of amides is 3. The number of esters is 1. The normalized spacial score (nSPS) is 24.0. The van der Waals surface area contributed by atoms with Crippen LogP contribution in [0, 0.1) is 11.8 Å². The summed E-state index contributed by atoms with van der Waals surface area (Å²) >= 11 is 0. The highest BCUT2D eigenvalue weighted by Gasteiger charge is 2.39. The second kappa shape index (κ2) is 11.6. The van der Waals surface area contributed by atoms with Gasteiger partial charge in [0.1, 0.15) is 12.1 Å². The van der Waals surface area contributed by atoms with Crippen LogP contribution in [0.25, 0.3) is 0 Å². The Labute approximate surface area is 190 Å². The molecule has 0 aromatic carbocycles. The average Bonchev–Trinajstić information content (AvgIpc) is 2.83. The van der Waals surface area contributed by atoms with Crippen molar-refractivity contribution >= 4 is 23.7 Å². The maximum atomic E-state index is 13.3. The second-order valence-corrected chi connectivity index (χ2v) is 9.36. The van der Waals surface area contributed by atoms with Crippen LogP contribution in [0.2, 0.25) is 0 Å². The number of methoxy groups -OCH3 is 1. The summed E-state index contributed by atoms with van der Waals surface area (Å²) < 4.78 is 4.95. The molecule has 0 radical (unpaired) electrons. The third-order valence-electron chi connectivity index (χ3n) is 7.18. The highest BCUT2D eigenvalue weighted by atomic mass is 16.5. The van der Waals surface area contributed by atoms with Gasteiger partial charge in [-0.1, -0.05) is 32.1 Å². The molecule has 2 aliphatic heterocycles. The van der Waals surface area contributed by atoms with E-state index in [-0.39, 0.29) is 24.3 Å². The lowest BCUT2D eigenvalue weighted by atomic mass is 9.84. The van der Waals surface area contributed by atoms with E-state index in [1.54, 1.807) is 4.90 Å². The first-order chi connectivity index (χ1) is 15.4. The van der Waals surface area contributed by atoms with Gasteiger partial charge < -0.3 is 25.2 Å². The Bertz CT molecular complexity index is 688. The van der Waals surface area contributed by atoms with Crippen molar-refractivity contribution in [3.63, 3.8) is 0 Å². The summed E-state index contributed by atoms with van der Waals surface area (Å²) in [5.41, 5.74) is 0. The van der Waals surface area contributed by atoms with Crippen LogP contribution in [-0.2, 0) is 23.9 Å². The molecular weight excluding hydrogens is 412 g/mol. The zero-order chi connectivity index (χ0) is 23.1. The molecule has 1 saturated carbocycles. The first-order valence-corrected chi connectivity index (χ1v) is 12.1. The minimum Gasteiger partial charge on any atom is -0.467 e. The maximum Gasteiger partial charge on any atom is 0.328 e. The second-order valence-electron chi connectivity index (χ2n) is 9.36. The predicted molar refractivity (Wildman–Crippen MR) is 118 cm³/mol. The van der Waals surface area contributed by atoms with Crippen LogP contribution < -0.4 is 10.6 Å². The Morgan fingerprint density at radius 2 is 1.72 bits per heavy atom. The quantitative estimate of drug-likeness (QED) is 0.576. The van der Waals surface area contributed by atoms with Gasteiger partial charge >= 0.3 is 5.97 Å². The summed E-state index contributed by atoms with van der Waals surface area (Å²) in [5.74, 6) is -0.675. The number of rotatable bonds is 6. The van der Waals surface area contributed by atoms with Gasteiger partial charge in [-0.25, -0.2) is 4.79 Å². The molecule has 9 heteroatoms. The van der Waals surface area contributed by atoms with Crippen molar-refractivity contribution in [1.82, 2.24) is 20.4 Å². The number of piperidine rings is 1. The van der Waals surface area contributed by atoms with E-state index in [0.29, 0.717) is 25.4 Å². The summed E-state index contributed by atoms with van der Waals surface area (Å²) in [5, 5.41) is 6.11. The van der Waals surface area contributed by atoms with Gasteiger partial charge in [-0.2, -0.15) is 0 Å². The van der Waals surface area contributed by atoms with Crippen molar-refractivity contribution in [1.29, 1.82) is 0 Å². The van der Waals surface area contributed by atoms with E-state index in [1.165, 1.54) is 25.4 Å². The van der Waals surface area contributed by atoms with Crippen LogP contribution in [0.3, 0.4) is 0 Å². The average molecular weight is 451 g/mol. The fraction of sp³-hybridized carbons (Fsp3) is 0.826. The zero-order valence-electron chi connectivity index (χ0n) is 19.4. The molecule has 0 bridgehead atoms. The molecule has 9 nitrogen and oxygen atoms in total. The minimum absolute atomic E-state index is 0.0436. The van der Waals surface area contributed by atoms with E-state index in [1.807, 2.05) is 0 Å². The molecule has 2 heterocycles. The lowest BCUT2D eigenvalue weighted by molar-refractivity contribution is -0.152. The van der Waals surface area contributed by atoms with E-state index in [4.69, 9.17) is 4.74 Å². The Kier molecular flexibility index (Phi) is 8.90. The number of nitrogens with zero attached hydrogens (tertiary/aromatic N) is 2. The van der Waals surface area contributed by atoms with Gasteiger partial charge in [0.05, 0.1) is 13.7 Å². The van der Waals surface area contributed by atoms with Crippen LogP contribution in [0.5, 0.6) is 0 Å². The molecule has 0 unspecified atom stereocenters. The smallest absolute Gasteiger partial charge is 0.328 e. The number of hydrogen-bond acceptors (Lipinski definition) is 6. The molecule has 32 heavy (non-hydrogen) atoms. The van der Waals surface area contributed by atoms with Crippen LogP contribution in [-0.4, -0.2) is 85.4 Å². The SMILES string of the molecule is COC(=O)[C@H](CC1CCCCC1)NC(=O)[C@H]1CN(C(=O)C2CCNCC2)CCN1C(C)=O. The summed E-state index contributed by atoms with van der Waals surface area (Å²) in [6, 6.07) is -1.54. The summed E-state index contributed by atoms with van der Waals surface area (Å²) in [7, 11) is 1.32. The molecule has 0 spiro atoms. The molecule has 0 aromatic heterocycles. The van der Waals surface area contributed by atoms with Gasteiger partial charge in [-0.15, -0.1) is 0 Å². The summed E-state index contributed by atoms with van der Waals surface area (Å²) in [6.45, 7) is 3.96. The van der Waals surface area contributed by atoms with E-state index in [2.05, 4.69) is 10.6 Å². The maximum absolute atomic E-state index is 13.3. The Balaban J connectivity index is 1.68. The predicted octanol–water partition coefficient (Wildman–Crippen LogP) is 0.674. The lowest BCUT2D eigenvalue weighted by Crippen LogP contribution is -2.63. The van der Waals surface area contributed by atoms with E-state index in [0.717, 1.165) is 51.6 Å². The number of nitrogens with one attached hydrogen (secondary N) is 2. The number of carbonyl (C=O) groups excluding carboxylic acids is 4. The third-order valence-corrected chi connectivity index (χ3v) is 7.18. The first kappa shape index (κ1) is 24.5. The van der Waals surface area contributed by atoms with E-state index >= 15 is 0 Å². The van der Waals surface area contributed by atoms with Gasteiger partial charge in [0.2, 0.25) is 17.7 Å². The zero-order valence-corrected chi connectivity index (χ0v) is 19.4. The van der Waals surface area contributed by atoms with Gasteiger partial charge in [-0.3, -0.25) is 14.4 Å². The molecule has 3 amide bonds. The topological polar surface area (TPSA) is 108 Å². The third kappa shape index (κ3) is 6.21. The van der Waals surface area contributed by atoms with Crippen LogP contribution in [0.4, 0.5) is 0 Å². The molecule has 1 aliphatic carbocycles. The molecule has 3 aliphatic rings. The molecule has 3 fully saturated rings. The van der Waals surface area contributed by atoms with Gasteiger partial charge in [0.15, 0.2) is 0 Å². The van der Waals surface area contributed by atoms with E-state index < -0.39 is 24.0 Å². The van der Waals surface area contributed by atoms with Gasteiger partial charge in [-0.05, 0) is 38.3 Å². The van der Waals surface area contributed by atoms with E-state index in [9.17, 15) is 19.2 Å². The number of ether oxygens (including phenoxy) is 1. The highest BCUT2D eigenvalue weighted by Crippen LogP contribution is 2.28. The Morgan fingerprint density at radius 3 is 2.34 bits per heavy atom. The van der Waals surface area contributed by atoms with Gasteiger partial charge in [0, 0.05) is 25.9 Å². The molecule has 0 aromatic rings. The first-order valence-electron chi connectivity index (χ1n) is 12.1. The van der Waals surface area contributed by atoms with Gasteiger partial charge in [0.25, 0.3) is 0 Å². The Morgan fingerprint density at radius 1 is 1.03 bits per heavy atom. The molecular formula is C23H38N4O5. The number of hydrogen-bond donors (Lipinski definition) is 2. The molecule has 180 valence electrons. The number of piperazine rings is 1. The number of carbonyl (C=O) groups is 4. The van der Waals surface area contributed by atoms with Crippen LogP contribution >= 0.6 is 0 Å². The van der Waals surface area contributed by atoms with Crippen molar-refractivity contribution in [3.05, 3.63) is 0 Å². The summed E-state index contributed by atoms with van der Waals surface area (Å²) in [4.78, 5) is 54.2. The lowest BCUT2D eigenvalue weighted by Gasteiger charge is -2.42. The Hall–Kier alpha value is -2.16. The van der Waals surface area contributed by atoms with Crippen molar-refractivity contribution in [2.45, 2.75) is 70.4 Å². The fourth-order valence-electron chi connectivity index (χ4n) is 5.29. The monoisotopic (exact) mass is 450 g/mol. The standard InChI is InChI=1S/C23H38N4O5/c1-16(28)27-13-12-26(22(30)18-8-10-24-11-9-18)15-20(27)21(29)25-19(23(31)32-2)14-17-6-4-3-5-7-17/h17-20,24H,3-15H2,1-2H3,(H,25,29)/t19-,20+/m0/s1. The summed E-state index contributed by atoms with van der Waals surface area (Å²) in [6.07, 6.45) is 7.70. The molecule has 2 N–H and O–H groups in total. The largest absolute Gasteiger partial charge is 0.467 e.